The first kappa shape index (κ1) is 11.2. The summed E-state index contributed by atoms with van der Waals surface area (Å²) >= 11 is 6.38. The van der Waals surface area contributed by atoms with Crippen molar-refractivity contribution in [3.63, 3.8) is 0 Å². The summed E-state index contributed by atoms with van der Waals surface area (Å²) < 4.78 is 25.7. The third-order valence-corrected chi connectivity index (χ3v) is 4.36. The number of nitrogens with one attached hydrogen (secondary N) is 1. The molecule has 2 rings (SSSR count). The Kier molecular flexibility index (Phi) is 2.78. The molecule has 0 aliphatic rings. The fourth-order valence-corrected chi connectivity index (χ4v) is 3.09. The average Bonchev–Trinajstić information content (AvgIpc) is 2.75. The minimum Gasteiger partial charge on any atom is -0.244 e. The molecule has 0 bridgehead atoms. The zero-order chi connectivity index (χ0) is 11.8. The Morgan fingerprint density at radius 1 is 1.56 bits per heavy atom. The standard InChI is InChI=1S/C5H5ClN6O2S2/c1-12-9-5(8-11-12)10-16(13,14)3-2-7-4(6)15-3/h2H,1H3,(H,9,10). The second-order valence-corrected chi connectivity index (χ2v) is 6.16. The molecule has 0 aliphatic heterocycles. The summed E-state index contributed by atoms with van der Waals surface area (Å²) in [6, 6.07) is 0. The van der Waals surface area contributed by atoms with Crippen LogP contribution in [0.3, 0.4) is 0 Å². The zero-order valence-electron chi connectivity index (χ0n) is 7.82. The van der Waals surface area contributed by atoms with Gasteiger partial charge in [0.25, 0.3) is 16.0 Å². The fourth-order valence-electron chi connectivity index (χ4n) is 0.859. The van der Waals surface area contributed by atoms with Gasteiger partial charge in [0.1, 0.15) is 0 Å². The Morgan fingerprint density at radius 2 is 2.31 bits per heavy atom. The van der Waals surface area contributed by atoms with Crippen molar-refractivity contribution in [1.29, 1.82) is 0 Å². The number of halogens is 1. The molecule has 0 amide bonds. The average molecular weight is 281 g/mol. The Hall–Kier alpha value is -1.26. The summed E-state index contributed by atoms with van der Waals surface area (Å²) in [6.45, 7) is 0. The minimum atomic E-state index is -3.74. The van der Waals surface area contributed by atoms with Gasteiger partial charge in [-0.1, -0.05) is 28.0 Å². The van der Waals surface area contributed by atoms with Crippen molar-refractivity contribution in [2.75, 3.05) is 4.72 Å². The summed E-state index contributed by atoms with van der Waals surface area (Å²) in [5, 5.41) is 10.7. The number of sulfonamides is 1. The topological polar surface area (TPSA) is 103 Å². The number of nitrogens with zero attached hydrogens (tertiary/aromatic N) is 5. The molecule has 11 heteroatoms. The molecule has 0 aliphatic carbocycles. The highest BCUT2D eigenvalue weighted by Crippen LogP contribution is 2.23. The van der Waals surface area contributed by atoms with E-state index in [1.807, 2.05) is 0 Å². The van der Waals surface area contributed by atoms with Crippen LogP contribution in [0.2, 0.25) is 4.47 Å². The van der Waals surface area contributed by atoms with Gasteiger partial charge in [0.2, 0.25) is 0 Å². The predicted octanol–water partition coefficient (Wildman–Crippen LogP) is 0.121. The van der Waals surface area contributed by atoms with Crippen molar-refractivity contribution in [2.45, 2.75) is 4.21 Å². The number of aryl methyl sites for hydroxylation is 1. The summed E-state index contributed by atoms with van der Waals surface area (Å²) in [4.78, 5) is 4.77. The van der Waals surface area contributed by atoms with Crippen LogP contribution in [0.1, 0.15) is 0 Å². The van der Waals surface area contributed by atoms with E-state index >= 15 is 0 Å². The number of tetrazole rings is 1. The van der Waals surface area contributed by atoms with Crippen LogP contribution in [0.15, 0.2) is 10.4 Å². The molecule has 2 aromatic rings. The summed E-state index contributed by atoms with van der Waals surface area (Å²) in [5.41, 5.74) is 0. The maximum absolute atomic E-state index is 11.7. The van der Waals surface area contributed by atoms with E-state index in [-0.39, 0.29) is 14.6 Å². The molecule has 2 heterocycles. The van der Waals surface area contributed by atoms with E-state index in [4.69, 9.17) is 11.6 Å². The van der Waals surface area contributed by atoms with E-state index in [0.29, 0.717) is 0 Å². The van der Waals surface area contributed by atoms with Gasteiger partial charge in [0.05, 0.1) is 13.2 Å². The van der Waals surface area contributed by atoms with Gasteiger partial charge in [-0.05, 0) is 5.21 Å². The molecule has 86 valence electrons. The zero-order valence-corrected chi connectivity index (χ0v) is 10.2. The maximum atomic E-state index is 11.7. The Balaban J connectivity index is 2.27. The molecule has 16 heavy (non-hydrogen) atoms. The molecule has 0 spiro atoms. The van der Waals surface area contributed by atoms with E-state index in [9.17, 15) is 8.42 Å². The Labute approximate surface area is 99.3 Å². The van der Waals surface area contributed by atoms with Crippen LogP contribution < -0.4 is 4.72 Å². The van der Waals surface area contributed by atoms with Gasteiger partial charge >= 0.3 is 0 Å². The lowest BCUT2D eigenvalue weighted by Crippen LogP contribution is -2.12. The second-order valence-electron chi connectivity index (χ2n) is 2.64. The molecule has 0 fully saturated rings. The third-order valence-electron chi connectivity index (χ3n) is 1.46. The van der Waals surface area contributed by atoms with Crippen molar-refractivity contribution in [3.05, 3.63) is 10.7 Å². The van der Waals surface area contributed by atoms with Gasteiger partial charge in [0.15, 0.2) is 8.68 Å². The van der Waals surface area contributed by atoms with E-state index < -0.39 is 10.0 Å². The van der Waals surface area contributed by atoms with Gasteiger partial charge in [-0.25, -0.2) is 18.1 Å². The first-order valence-corrected chi connectivity index (χ1v) is 6.53. The van der Waals surface area contributed by atoms with Crippen LogP contribution in [0.5, 0.6) is 0 Å². The van der Waals surface area contributed by atoms with E-state index in [1.54, 1.807) is 0 Å². The fraction of sp³-hybridized carbons (Fsp3) is 0.200. The van der Waals surface area contributed by atoms with Gasteiger partial charge in [0, 0.05) is 0 Å². The number of thiazole rings is 1. The summed E-state index contributed by atoms with van der Waals surface area (Å²) in [6.07, 6.45) is 1.16. The molecule has 0 radical (unpaired) electrons. The molecule has 0 atom stereocenters. The first-order chi connectivity index (χ1) is 7.47. The molecular weight excluding hydrogens is 276 g/mol. The highest BCUT2D eigenvalue weighted by atomic mass is 35.5. The van der Waals surface area contributed by atoms with E-state index in [1.165, 1.54) is 7.05 Å². The first-order valence-electron chi connectivity index (χ1n) is 3.85. The molecule has 0 saturated carbocycles. The van der Waals surface area contributed by atoms with E-state index in [2.05, 4.69) is 25.1 Å². The lowest BCUT2D eigenvalue weighted by Gasteiger charge is -1.98. The largest absolute Gasteiger partial charge is 0.277 e. The van der Waals surface area contributed by atoms with Gasteiger partial charge in [-0.3, -0.25) is 0 Å². The number of hydrogen-bond acceptors (Lipinski definition) is 7. The molecule has 2 aromatic heterocycles. The quantitative estimate of drug-likeness (QED) is 0.857. The number of hydrogen-bond donors (Lipinski definition) is 1. The van der Waals surface area contributed by atoms with Crippen molar-refractivity contribution < 1.29 is 8.42 Å². The SMILES string of the molecule is Cn1nnc(NS(=O)(=O)c2cnc(Cl)s2)n1. The molecular formula is C5H5ClN6O2S2. The normalized spacial score (nSPS) is 11.6. The molecule has 0 saturated heterocycles. The molecule has 1 N–H and O–H groups in total. The van der Waals surface area contributed by atoms with Crippen molar-refractivity contribution in [2.24, 2.45) is 7.05 Å². The number of aromatic nitrogens is 5. The smallest absolute Gasteiger partial charge is 0.244 e. The van der Waals surface area contributed by atoms with Crippen LogP contribution >= 0.6 is 22.9 Å². The Bertz CT molecular complexity index is 604. The maximum Gasteiger partial charge on any atom is 0.277 e. The third kappa shape index (κ3) is 2.28. The second kappa shape index (κ2) is 3.96. The van der Waals surface area contributed by atoms with Crippen molar-refractivity contribution >= 4 is 38.9 Å². The van der Waals surface area contributed by atoms with Crippen LogP contribution in [0.25, 0.3) is 0 Å². The lowest BCUT2D eigenvalue weighted by molar-refractivity contribution is 0.602. The molecule has 0 unspecified atom stereocenters. The summed E-state index contributed by atoms with van der Waals surface area (Å²) in [5.74, 6) is -0.105. The number of rotatable bonds is 3. The lowest BCUT2D eigenvalue weighted by atomic mass is 11.0. The monoisotopic (exact) mass is 280 g/mol. The minimum absolute atomic E-state index is 0.00930. The molecule has 0 aromatic carbocycles. The van der Waals surface area contributed by atoms with Crippen LogP contribution in [0.4, 0.5) is 5.95 Å². The highest BCUT2D eigenvalue weighted by molar-refractivity contribution is 7.94. The van der Waals surface area contributed by atoms with Crippen LogP contribution in [-0.4, -0.2) is 33.6 Å². The van der Waals surface area contributed by atoms with Gasteiger partial charge in [-0.15, -0.1) is 5.10 Å². The van der Waals surface area contributed by atoms with Crippen molar-refractivity contribution in [1.82, 2.24) is 25.2 Å². The molecule has 8 nitrogen and oxygen atoms in total. The van der Waals surface area contributed by atoms with Crippen LogP contribution in [-0.2, 0) is 17.1 Å². The van der Waals surface area contributed by atoms with Gasteiger partial charge < -0.3 is 0 Å². The highest BCUT2D eigenvalue weighted by Gasteiger charge is 2.19. The van der Waals surface area contributed by atoms with Gasteiger partial charge in [-0.2, -0.15) is 4.80 Å². The number of anilines is 1. The predicted molar refractivity (Wildman–Crippen MR) is 56.7 cm³/mol. The van der Waals surface area contributed by atoms with Crippen LogP contribution in [0, 0.1) is 0 Å². The Morgan fingerprint density at radius 3 is 2.81 bits per heavy atom. The van der Waals surface area contributed by atoms with E-state index in [0.717, 1.165) is 22.3 Å². The van der Waals surface area contributed by atoms with Crippen molar-refractivity contribution in [3.8, 4) is 0 Å². The summed E-state index contributed by atoms with van der Waals surface area (Å²) in [7, 11) is -2.21.